The van der Waals surface area contributed by atoms with Crippen molar-refractivity contribution in [2.45, 2.75) is 205 Å². The Balaban J connectivity index is 4.54. The van der Waals surface area contributed by atoms with Crippen molar-refractivity contribution in [3.05, 3.63) is 0 Å². The summed E-state index contributed by atoms with van der Waals surface area (Å²) in [6.07, 6.45) is 31.1. The van der Waals surface area contributed by atoms with Crippen molar-refractivity contribution >= 4 is 17.6 Å². The van der Waals surface area contributed by atoms with Crippen LogP contribution in [0.15, 0.2) is 4.99 Å². The van der Waals surface area contributed by atoms with Crippen LogP contribution in [-0.2, 0) is 9.59 Å². The smallest absolute Gasteiger partial charge is 0.239 e. The van der Waals surface area contributed by atoms with Crippen LogP contribution in [0.3, 0.4) is 0 Å². The fourth-order valence-electron chi connectivity index (χ4n) is 6.26. The molecular weight excluding hydrogens is 586 g/mol. The second-order valence-electron chi connectivity index (χ2n) is 14.0. The Kier molecular flexibility index (Phi) is 31.6. The van der Waals surface area contributed by atoms with E-state index < -0.39 is 18.1 Å². The molecule has 0 aromatic heterocycles. The van der Waals surface area contributed by atoms with Gasteiger partial charge in [-0.2, -0.15) is 0 Å². The molecule has 0 heterocycles. The number of guanidine groups is 1. The van der Waals surface area contributed by atoms with Gasteiger partial charge < -0.3 is 33.6 Å². The number of nitrogens with two attached hydrogens (primary N) is 5. The minimum absolute atomic E-state index is 0.0311. The second kappa shape index (κ2) is 32.8. The van der Waals surface area contributed by atoms with Gasteiger partial charge in [-0.15, -0.1) is 0 Å². The van der Waals surface area contributed by atoms with E-state index in [1.165, 1.54) is 116 Å². The van der Waals surface area contributed by atoms with Gasteiger partial charge in [0.1, 0.15) is 0 Å². The molecule has 9 heteroatoms. The number of rotatable bonds is 35. The summed E-state index contributed by atoms with van der Waals surface area (Å²) in [5.41, 5.74) is 29.3. The molecule has 0 bridgehead atoms. The number of Topliss-reactive ketones (excluding diaryl/α,β-unsaturated/α-hetero) is 1. The topological polar surface area (TPSA) is 180 Å². The van der Waals surface area contributed by atoms with E-state index in [1.807, 2.05) is 4.90 Å². The highest BCUT2D eigenvalue weighted by Gasteiger charge is 2.23. The highest BCUT2D eigenvalue weighted by Crippen LogP contribution is 2.15. The Hall–Kier alpha value is -1.71. The highest BCUT2D eigenvalue weighted by atomic mass is 16.2. The Bertz CT molecular complexity index is 760. The van der Waals surface area contributed by atoms with E-state index in [1.54, 1.807) is 0 Å². The summed E-state index contributed by atoms with van der Waals surface area (Å²) >= 11 is 0. The van der Waals surface area contributed by atoms with Crippen molar-refractivity contribution in [2.24, 2.45) is 33.7 Å². The van der Waals surface area contributed by atoms with Crippen LogP contribution in [0, 0.1) is 0 Å². The van der Waals surface area contributed by atoms with Crippen LogP contribution in [0.4, 0.5) is 0 Å². The SMILES string of the molecule is CCCCCCCCCCCCCCN(CCCCCCCCCCCC)C(=O)C(N)CCCC(N)C(=O)C(N)CCCN=C(N)N. The molecule has 0 aliphatic rings. The third-order valence-electron chi connectivity index (χ3n) is 9.42. The van der Waals surface area contributed by atoms with Gasteiger partial charge in [0.25, 0.3) is 0 Å². The van der Waals surface area contributed by atoms with Crippen LogP contribution in [0.5, 0.6) is 0 Å². The van der Waals surface area contributed by atoms with Crippen molar-refractivity contribution in [1.29, 1.82) is 0 Å². The first-order valence-electron chi connectivity index (χ1n) is 19.9. The lowest BCUT2D eigenvalue weighted by Gasteiger charge is -2.26. The molecule has 0 aromatic rings. The van der Waals surface area contributed by atoms with Gasteiger partial charge >= 0.3 is 0 Å². The maximum Gasteiger partial charge on any atom is 0.239 e. The minimum atomic E-state index is -0.654. The van der Waals surface area contributed by atoms with Gasteiger partial charge in [-0.25, -0.2) is 0 Å². The van der Waals surface area contributed by atoms with E-state index in [-0.39, 0.29) is 17.6 Å². The van der Waals surface area contributed by atoms with Crippen LogP contribution >= 0.6 is 0 Å². The number of carbonyl (C=O) groups is 2. The van der Waals surface area contributed by atoms with Crippen molar-refractivity contribution < 1.29 is 9.59 Å². The average Bonchev–Trinajstić information content (AvgIpc) is 3.05. The fraction of sp³-hybridized carbons (Fsp3) is 0.921. The summed E-state index contributed by atoms with van der Waals surface area (Å²) in [5.74, 6) is -0.0897. The Morgan fingerprint density at radius 3 is 1.21 bits per heavy atom. The van der Waals surface area contributed by atoms with Crippen LogP contribution in [-0.4, -0.2) is 60.3 Å². The van der Waals surface area contributed by atoms with Gasteiger partial charge in [0.15, 0.2) is 11.7 Å². The van der Waals surface area contributed by atoms with E-state index in [2.05, 4.69) is 18.8 Å². The Morgan fingerprint density at radius 2 is 0.830 bits per heavy atom. The standard InChI is InChI=1S/C38H79N7O2/c1-3-5-7-9-11-13-15-16-18-20-22-24-32-45(31-23-21-19-17-14-12-10-8-6-4-2)37(47)35(41)28-25-27-33(39)36(46)34(40)29-26-30-44-38(42)43/h33-35H,3-32,39-41H2,1-2H3,(H4,42,43,44). The van der Waals surface area contributed by atoms with Crippen LogP contribution in [0.2, 0.25) is 0 Å². The van der Waals surface area contributed by atoms with Crippen LogP contribution in [0.25, 0.3) is 0 Å². The zero-order valence-corrected chi connectivity index (χ0v) is 31.0. The molecule has 0 radical (unpaired) electrons. The quantitative estimate of drug-likeness (QED) is 0.0269. The largest absolute Gasteiger partial charge is 0.370 e. The molecule has 0 fully saturated rings. The second-order valence-corrected chi connectivity index (χ2v) is 14.0. The summed E-state index contributed by atoms with van der Waals surface area (Å²) < 4.78 is 0. The molecule has 0 aromatic carbocycles. The number of hydrogen-bond acceptors (Lipinski definition) is 6. The molecule has 1 amide bonds. The molecule has 0 saturated carbocycles. The maximum atomic E-state index is 13.4. The average molecular weight is 666 g/mol. The zero-order valence-electron chi connectivity index (χ0n) is 31.0. The Morgan fingerprint density at radius 1 is 0.489 bits per heavy atom. The van der Waals surface area contributed by atoms with E-state index in [0.29, 0.717) is 38.6 Å². The normalized spacial score (nSPS) is 13.3. The molecule has 0 saturated heterocycles. The number of carbonyl (C=O) groups excluding carboxylic acids is 2. The summed E-state index contributed by atoms with van der Waals surface area (Å²) in [4.78, 5) is 32.0. The predicted octanol–water partition coefficient (Wildman–Crippen LogP) is 7.21. The van der Waals surface area contributed by atoms with Crippen LogP contribution in [0.1, 0.15) is 187 Å². The van der Waals surface area contributed by atoms with E-state index in [9.17, 15) is 9.59 Å². The van der Waals surface area contributed by atoms with Gasteiger partial charge in [0.2, 0.25) is 5.91 Å². The van der Waals surface area contributed by atoms with Crippen molar-refractivity contribution in [3.8, 4) is 0 Å². The van der Waals surface area contributed by atoms with Gasteiger partial charge in [-0.1, -0.05) is 142 Å². The lowest BCUT2D eigenvalue weighted by molar-refractivity contribution is -0.133. The number of unbranched alkanes of at least 4 members (excludes halogenated alkanes) is 20. The molecule has 9 nitrogen and oxygen atoms in total. The monoisotopic (exact) mass is 666 g/mol. The lowest BCUT2D eigenvalue weighted by Crippen LogP contribution is -2.45. The van der Waals surface area contributed by atoms with Crippen molar-refractivity contribution in [2.75, 3.05) is 19.6 Å². The molecule has 278 valence electrons. The molecule has 0 rings (SSSR count). The molecule has 0 aliphatic heterocycles. The van der Waals surface area contributed by atoms with E-state index >= 15 is 0 Å². The van der Waals surface area contributed by atoms with Crippen LogP contribution < -0.4 is 28.7 Å². The zero-order chi connectivity index (χ0) is 35.0. The van der Waals surface area contributed by atoms with E-state index in [0.717, 1.165) is 38.8 Å². The summed E-state index contributed by atoms with van der Waals surface area (Å²) in [5, 5.41) is 0. The minimum Gasteiger partial charge on any atom is -0.370 e. The first kappa shape index (κ1) is 45.3. The molecule has 3 unspecified atom stereocenters. The number of amides is 1. The van der Waals surface area contributed by atoms with Crippen molar-refractivity contribution in [3.63, 3.8) is 0 Å². The number of aliphatic imine (C=N–C) groups is 1. The first-order valence-corrected chi connectivity index (χ1v) is 19.9. The van der Waals surface area contributed by atoms with Gasteiger partial charge in [0, 0.05) is 19.6 Å². The summed E-state index contributed by atoms with van der Waals surface area (Å²) in [7, 11) is 0. The number of nitrogens with zero attached hydrogens (tertiary/aromatic N) is 2. The summed E-state index contributed by atoms with van der Waals surface area (Å²) in [6.45, 7) is 6.54. The van der Waals surface area contributed by atoms with Gasteiger partial charge in [0.05, 0.1) is 18.1 Å². The fourth-order valence-corrected chi connectivity index (χ4v) is 6.26. The molecule has 3 atom stereocenters. The number of hydrogen-bond donors (Lipinski definition) is 5. The van der Waals surface area contributed by atoms with Crippen molar-refractivity contribution in [1.82, 2.24) is 4.90 Å². The van der Waals surface area contributed by atoms with Gasteiger partial charge in [-0.05, 0) is 44.9 Å². The lowest BCUT2D eigenvalue weighted by atomic mass is 9.97. The Labute approximate surface area is 290 Å². The predicted molar refractivity (Wildman–Crippen MR) is 202 cm³/mol. The molecule has 0 spiro atoms. The third-order valence-corrected chi connectivity index (χ3v) is 9.42. The summed E-state index contributed by atoms with van der Waals surface area (Å²) in [6, 6.07) is -1.85. The first-order chi connectivity index (χ1) is 22.7. The van der Waals surface area contributed by atoms with Gasteiger partial charge in [-0.3, -0.25) is 14.6 Å². The highest BCUT2D eigenvalue weighted by molar-refractivity contribution is 5.88. The molecular formula is C38H79N7O2. The maximum absolute atomic E-state index is 13.4. The molecule has 47 heavy (non-hydrogen) atoms. The van der Waals surface area contributed by atoms with E-state index in [4.69, 9.17) is 28.7 Å². The molecule has 0 aliphatic carbocycles. The third kappa shape index (κ3) is 27.9. The molecule has 10 N–H and O–H groups in total. The number of ketones is 1.